The molecule has 0 spiro atoms. The van der Waals surface area contributed by atoms with Gasteiger partial charge in [0.05, 0.1) is 36.9 Å². The normalized spacial score (nSPS) is 14.3. The Labute approximate surface area is 243 Å². The number of nitrogens with one attached hydrogen (secondary N) is 1. The van der Waals surface area contributed by atoms with Crippen LogP contribution in [0.15, 0.2) is 24.3 Å². The fourth-order valence-corrected chi connectivity index (χ4v) is 5.73. The molecule has 41 heavy (non-hydrogen) atoms. The van der Waals surface area contributed by atoms with E-state index in [1.807, 2.05) is 47.0 Å². The Morgan fingerprint density at radius 2 is 1.73 bits per heavy atom. The summed E-state index contributed by atoms with van der Waals surface area (Å²) in [7, 11) is 5.59. The number of carbonyl (C=O) groups is 2. The lowest BCUT2D eigenvalue weighted by Gasteiger charge is -2.29. The molecule has 11 heteroatoms. The smallest absolute Gasteiger partial charge is 0.307 e. The Balaban J connectivity index is 1.51. The van der Waals surface area contributed by atoms with Gasteiger partial charge in [-0.05, 0) is 49.2 Å². The highest BCUT2D eigenvalue weighted by molar-refractivity contribution is 7.18. The number of hydrogen-bond donors (Lipinski definition) is 1. The highest BCUT2D eigenvalue weighted by Crippen LogP contribution is 2.37. The van der Waals surface area contributed by atoms with Crippen LogP contribution in [0.25, 0.3) is 10.2 Å². The monoisotopic (exact) mass is 589 g/mol. The summed E-state index contributed by atoms with van der Waals surface area (Å²) >= 11 is 1.39. The minimum atomic E-state index is -1.61. The van der Waals surface area contributed by atoms with Crippen molar-refractivity contribution < 1.29 is 32.6 Å². The number of nitrogens with zero attached hydrogens (tertiary/aromatic N) is 2. The van der Waals surface area contributed by atoms with Gasteiger partial charge in [-0.25, -0.2) is 13.8 Å². The first-order chi connectivity index (χ1) is 19.3. The molecule has 1 aliphatic carbocycles. The third-order valence-electron chi connectivity index (χ3n) is 6.72. The number of rotatable bonds is 11. The summed E-state index contributed by atoms with van der Waals surface area (Å²) in [5.74, 6) is -1.92. The first kappa shape index (κ1) is 30.6. The van der Waals surface area contributed by atoms with Crippen molar-refractivity contribution in [2.75, 3.05) is 34.4 Å². The Morgan fingerprint density at radius 3 is 2.32 bits per heavy atom. The van der Waals surface area contributed by atoms with E-state index in [-0.39, 0.29) is 31.2 Å². The fourth-order valence-electron chi connectivity index (χ4n) is 4.81. The SMILES string of the molecule is COc1cc2sc(CNC(=O)C3(OC(=O)CC(C)(C)C)Cc4cc(F)c(F)cc4C3)nc2cc1OCCCN(C)C. The lowest BCUT2D eigenvalue weighted by molar-refractivity contribution is -0.169. The molecular weight excluding hydrogens is 552 g/mol. The van der Waals surface area contributed by atoms with Gasteiger partial charge in [0.15, 0.2) is 28.7 Å². The topological polar surface area (TPSA) is 90.0 Å². The third-order valence-corrected chi connectivity index (χ3v) is 7.74. The zero-order chi connectivity index (χ0) is 29.9. The summed E-state index contributed by atoms with van der Waals surface area (Å²) in [4.78, 5) is 33.2. The van der Waals surface area contributed by atoms with Crippen LogP contribution in [0.4, 0.5) is 8.78 Å². The van der Waals surface area contributed by atoms with Crippen LogP contribution in [0, 0.1) is 17.0 Å². The second-order valence-corrected chi connectivity index (χ2v) is 13.0. The van der Waals surface area contributed by atoms with E-state index < -0.39 is 29.1 Å². The van der Waals surface area contributed by atoms with Crippen molar-refractivity contribution in [3.63, 3.8) is 0 Å². The number of benzene rings is 2. The zero-order valence-electron chi connectivity index (χ0n) is 24.4. The van der Waals surface area contributed by atoms with Gasteiger partial charge >= 0.3 is 5.97 Å². The molecule has 1 amide bonds. The van der Waals surface area contributed by atoms with Gasteiger partial charge in [0.2, 0.25) is 0 Å². The average Bonchev–Trinajstić information content (AvgIpc) is 3.43. The van der Waals surface area contributed by atoms with E-state index in [4.69, 9.17) is 14.2 Å². The fraction of sp³-hybridized carbons (Fsp3) is 0.500. The molecule has 4 rings (SSSR count). The zero-order valence-corrected chi connectivity index (χ0v) is 25.2. The van der Waals surface area contributed by atoms with Gasteiger partial charge in [0.25, 0.3) is 5.91 Å². The lowest BCUT2D eigenvalue weighted by atomic mass is 9.92. The molecule has 0 saturated heterocycles. The molecule has 1 heterocycles. The molecule has 1 N–H and O–H groups in total. The largest absolute Gasteiger partial charge is 0.493 e. The van der Waals surface area contributed by atoms with Crippen LogP contribution in [-0.4, -0.2) is 61.7 Å². The summed E-state index contributed by atoms with van der Waals surface area (Å²) < 4.78 is 46.1. The van der Waals surface area contributed by atoms with E-state index in [1.54, 1.807) is 7.11 Å². The van der Waals surface area contributed by atoms with Gasteiger partial charge in [-0.15, -0.1) is 11.3 Å². The molecule has 0 bridgehead atoms. The molecular formula is C30H37F2N3O5S. The van der Waals surface area contributed by atoms with Crippen molar-refractivity contribution in [2.24, 2.45) is 5.41 Å². The molecule has 1 aromatic heterocycles. The highest BCUT2D eigenvalue weighted by atomic mass is 32.1. The molecule has 0 unspecified atom stereocenters. The molecule has 0 fully saturated rings. The second-order valence-electron chi connectivity index (χ2n) is 11.9. The van der Waals surface area contributed by atoms with Crippen molar-refractivity contribution in [3.05, 3.63) is 52.0 Å². The van der Waals surface area contributed by atoms with E-state index in [0.29, 0.717) is 39.8 Å². The maximum Gasteiger partial charge on any atom is 0.307 e. The van der Waals surface area contributed by atoms with E-state index in [2.05, 4.69) is 15.2 Å². The van der Waals surface area contributed by atoms with E-state index in [9.17, 15) is 18.4 Å². The van der Waals surface area contributed by atoms with Crippen LogP contribution in [0.3, 0.4) is 0 Å². The second kappa shape index (κ2) is 12.3. The van der Waals surface area contributed by atoms with Gasteiger partial charge in [-0.2, -0.15) is 0 Å². The van der Waals surface area contributed by atoms with Gasteiger partial charge in [0.1, 0.15) is 5.01 Å². The number of esters is 1. The number of ether oxygens (including phenoxy) is 3. The van der Waals surface area contributed by atoms with Crippen molar-refractivity contribution in [3.8, 4) is 11.5 Å². The third kappa shape index (κ3) is 7.51. The molecule has 2 aromatic carbocycles. The summed E-state index contributed by atoms with van der Waals surface area (Å²) in [6, 6.07) is 5.81. The number of carbonyl (C=O) groups excluding carboxylic acids is 2. The molecule has 0 aliphatic heterocycles. The molecule has 0 atom stereocenters. The van der Waals surface area contributed by atoms with Crippen LogP contribution in [0.5, 0.6) is 11.5 Å². The number of halogens is 2. The Hall–Kier alpha value is -3.31. The molecule has 8 nitrogen and oxygen atoms in total. The van der Waals surface area contributed by atoms with Crippen molar-refractivity contribution in [1.29, 1.82) is 0 Å². The minimum Gasteiger partial charge on any atom is -0.493 e. The Bertz CT molecular complexity index is 1400. The number of fused-ring (bicyclic) bond motifs is 2. The van der Waals surface area contributed by atoms with Crippen molar-refractivity contribution in [2.45, 2.75) is 58.6 Å². The first-order valence-corrected chi connectivity index (χ1v) is 14.3. The van der Waals surface area contributed by atoms with E-state index in [0.717, 1.165) is 29.8 Å². The maximum absolute atomic E-state index is 14.0. The van der Waals surface area contributed by atoms with E-state index in [1.165, 1.54) is 11.3 Å². The quantitative estimate of drug-likeness (QED) is 0.247. The molecule has 0 radical (unpaired) electrons. The average molecular weight is 590 g/mol. The summed E-state index contributed by atoms with van der Waals surface area (Å²) in [5.41, 5.74) is -0.401. The van der Waals surface area contributed by atoms with Crippen LogP contribution < -0.4 is 14.8 Å². The maximum atomic E-state index is 14.0. The number of methoxy groups -OCH3 is 1. The number of thiazole rings is 1. The van der Waals surface area contributed by atoms with Crippen LogP contribution >= 0.6 is 11.3 Å². The van der Waals surface area contributed by atoms with Gasteiger partial charge in [-0.3, -0.25) is 9.59 Å². The Morgan fingerprint density at radius 1 is 1.07 bits per heavy atom. The number of aromatic nitrogens is 1. The summed E-state index contributed by atoms with van der Waals surface area (Å²) in [6.07, 6.45) is 0.841. The first-order valence-electron chi connectivity index (χ1n) is 13.5. The summed E-state index contributed by atoms with van der Waals surface area (Å²) in [6.45, 7) is 7.16. The minimum absolute atomic E-state index is 0.0488. The predicted octanol–water partition coefficient (Wildman–Crippen LogP) is 5.05. The molecule has 222 valence electrons. The molecule has 3 aromatic rings. The van der Waals surface area contributed by atoms with Gasteiger partial charge in [-0.1, -0.05) is 20.8 Å². The van der Waals surface area contributed by atoms with Crippen LogP contribution in [0.1, 0.15) is 49.7 Å². The van der Waals surface area contributed by atoms with Crippen molar-refractivity contribution >= 4 is 33.4 Å². The van der Waals surface area contributed by atoms with E-state index >= 15 is 0 Å². The number of hydrogen-bond acceptors (Lipinski definition) is 8. The Kier molecular flexibility index (Phi) is 9.18. The standard InChI is InChI=1S/C30H37F2N3O5S/c1-29(2,3)16-27(36)40-30(14-18-10-20(31)21(32)11-19(18)15-30)28(37)33-17-26-34-22-12-24(39-9-7-8-35(4)5)23(38-6)13-25(22)41-26/h10-13H,7-9,14-17H2,1-6H3,(H,33,37). The van der Waals surface area contributed by atoms with Crippen LogP contribution in [0.2, 0.25) is 0 Å². The highest BCUT2D eigenvalue weighted by Gasteiger charge is 2.48. The lowest BCUT2D eigenvalue weighted by Crippen LogP contribution is -2.51. The van der Waals surface area contributed by atoms with Crippen LogP contribution in [-0.2, 0) is 33.7 Å². The predicted molar refractivity (Wildman–Crippen MR) is 153 cm³/mol. The molecule has 0 saturated carbocycles. The number of amides is 1. The molecule has 1 aliphatic rings. The summed E-state index contributed by atoms with van der Waals surface area (Å²) in [5, 5.41) is 3.48. The van der Waals surface area contributed by atoms with Gasteiger partial charge < -0.3 is 24.4 Å². The van der Waals surface area contributed by atoms with Crippen molar-refractivity contribution in [1.82, 2.24) is 15.2 Å². The van der Waals surface area contributed by atoms with Gasteiger partial charge in [0, 0.05) is 31.5 Å².